The average molecular weight is 387 g/mol. The Morgan fingerprint density at radius 1 is 1.39 bits per heavy atom. The van der Waals surface area contributed by atoms with Crippen LogP contribution in [-0.2, 0) is 11.8 Å². The number of carbonyl (C=O) groups is 1. The highest BCUT2D eigenvalue weighted by molar-refractivity contribution is 6.08. The summed E-state index contributed by atoms with van der Waals surface area (Å²) in [6, 6.07) is 6.29. The molecule has 3 heterocycles. The fraction of sp³-hybridized carbons (Fsp3) is 0.571. The third-order valence-corrected chi connectivity index (χ3v) is 6.20. The highest BCUT2D eigenvalue weighted by Gasteiger charge is 2.38. The second-order valence-corrected chi connectivity index (χ2v) is 7.88. The summed E-state index contributed by atoms with van der Waals surface area (Å²) in [5.74, 6) is 0.714. The predicted octanol–water partition coefficient (Wildman–Crippen LogP) is 1.45. The number of aliphatic hydroxyl groups excluding tert-OH is 1. The first-order chi connectivity index (χ1) is 13.5. The second-order valence-electron chi connectivity index (χ2n) is 7.88. The van der Waals surface area contributed by atoms with Crippen molar-refractivity contribution in [1.82, 2.24) is 14.8 Å². The summed E-state index contributed by atoms with van der Waals surface area (Å²) in [6.07, 6.45) is 1.64. The Morgan fingerprint density at radius 2 is 2.21 bits per heavy atom. The highest BCUT2D eigenvalue weighted by atomic mass is 16.5. The number of nitrogens with one attached hydrogen (secondary N) is 1. The van der Waals surface area contributed by atoms with Crippen molar-refractivity contribution in [1.29, 1.82) is 0 Å². The third kappa shape index (κ3) is 3.38. The standard InChI is InChI=1S/C21H29N3O4/c1-13-20(18-9-16(27-3)4-5-19(18)23(13)2)21(26)22-14-8-15-12-28-17(6-7-25)11-24(15)10-14/h4-5,9,14-15,17,25H,6-8,10-12H2,1-3H3,(H,22,26)/t14-,15-,17-/m0/s1. The molecule has 2 saturated heterocycles. The van der Waals surface area contributed by atoms with E-state index in [0.717, 1.165) is 47.4 Å². The molecule has 1 aromatic heterocycles. The van der Waals surface area contributed by atoms with E-state index in [-0.39, 0.29) is 24.7 Å². The lowest BCUT2D eigenvalue weighted by atomic mass is 10.1. The molecule has 152 valence electrons. The van der Waals surface area contributed by atoms with E-state index in [9.17, 15) is 4.79 Å². The third-order valence-electron chi connectivity index (χ3n) is 6.20. The lowest BCUT2D eigenvalue weighted by Crippen LogP contribution is -2.46. The van der Waals surface area contributed by atoms with E-state index >= 15 is 0 Å². The summed E-state index contributed by atoms with van der Waals surface area (Å²) >= 11 is 0. The maximum absolute atomic E-state index is 13.2. The Balaban J connectivity index is 1.51. The van der Waals surface area contributed by atoms with E-state index in [1.54, 1.807) is 7.11 Å². The monoisotopic (exact) mass is 387 g/mol. The molecule has 0 bridgehead atoms. The molecule has 7 nitrogen and oxygen atoms in total. The van der Waals surface area contributed by atoms with E-state index in [0.29, 0.717) is 19.1 Å². The molecule has 4 rings (SSSR count). The molecule has 1 aromatic carbocycles. The molecule has 0 aliphatic carbocycles. The van der Waals surface area contributed by atoms with Crippen molar-refractivity contribution in [2.24, 2.45) is 7.05 Å². The quantitative estimate of drug-likeness (QED) is 0.812. The number of carbonyl (C=O) groups excluding carboxylic acids is 1. The molecule has 3 atom stereocenters. The Morgan fingerprint density at radius 3 is 2.96 bits per heavy atom. The summed E-state index contributed by atoms with van der Waals surface area (Å²) < 4.78 is 13.2. The average Bonchev–Trinajstić information content (AvgIpc) is 3.19. The largest absolute Gasteiger partial charge is 0.497 e. The van der Waals surface area contributed by atoms with Crippen LogP contribution in [0.3, 0.4) is 0 Å². The molecule has 0 spiro atoms. The smallest absolute Gasteiger partial charge is 0.253 e. The fourth-order valence-electron chi connectivity index (χ4n) is 4.59. The van der Waals surface area contributed by atoms with Crippen LogP contribution in [0.15, 0.2) is 18.2 Å². The van der Waals surface area contributed by atoms with Gasteiger partial charge in [0.05, 0.1) is 25.4 Å². The van der Waals surface area contributed by atoms with Crippen molar-refractivity contribution in [2.75, 3.05) is 33.4 Å². The van der Waals surface area contributed by atoms with Gasteiger partial charge in [-0.25, -0.2) is 0 Å². The summed E-state index contributed by atoms with van der Waals surface area (Å²) in [7, 11) is 3.62. The number of aryl methyl sites for hydroxylation is 1. The van der Waals surface area contributed by atoms with Crippen LogP contribution in [0.4, 0.5) is 0 Å². The van der Waals surface area contributed by atoms with Crippen LogP contribution in [-0.4, -0.2) is 72.1 Å². The summed E-state index contributed by atoms with van der Waals surface area (Å²) in [5.41, 5.74) is 2.69. The van der Waals surface area contributed by atoms with Gasteiger partial charge in [-0.15, -0.1) is 0 Å². The minimum absolute atomic E-state index is 0.0333. The normalized spacial score (nSPS) is 25.1. The minimum atomic E-state index is -0.0333. The van der Waals surface area contributed by atoms with Crippen LogP contribution in [0.1, 0.15) is 28.9 Å². The van der Waals surface area contributed by atoms with Crippen molar-refractivity contribution in [3.8, 4) is 5.75 Å². The SMILES string of the molecule is COc1ccc2c(c1)c(C(=O)N[C@H]1C[C@H]3CO[C@@H](CCO)CN3C1)c(C)n2C. The zero-order chi connectivity index (χ0) is 19.8. The van der Waals surface area contributed by atoms with Crippen LogP contribution in [0.25, 0.3) is 10.9 Å². The Kier molecular flexibility index (Phi) is 5.31. The van der Waals surface area contributed by atoms with Gasteiger partial charge in [0.15, 0.2) is 0 Å². The van der Waals surface area contributed by atoms with Gasteiger partial charge in [-0.1, -0.05) is 0 Å². The van der Waals surface area contributed by atoms with Crippen molar-refractivity contribution in [2.45, 2.75) is 38.0 Å². The van der Waals surface area contributed by atoms with Crippen LogP contribution in [0, 0.1) is 6.92 Å². The van der Waals surface area contributed by atoms with Gasteiger partial charge < -0.3 is 24.5 Å². The van der Waals surface area contributed by atoms with Gasteiger partial charge in [0.25, 0.3) is 5.91 Å². The predicted molar refractivity (Wildman–Crippen MR) is 107 cm³/mol. The molecule has 0 unspecified atom stereocenters. The van der Waals surface area contributed by atoms with Crippen molar-refractivity contribution in [3.05, 3.63) is 29.5 Å². The van der Waals surface area contributed by atoms with E-state index < -0.39 is 0 Å². The summed E-state index contributed by atoms with van der Waals surface area (Å²) in [6.45, 7) is 4.44. The van der Waals surface area contributed by atoms with Crippen LogP contribution >= 0.6 is 0 Å². The number of aliphatic hydroxyl groups is 1. The number of benzene rings is 1. The molecule has 7 heteroatoms. The lowest BCUT2D eigenvalue weighted by Gasteiger charge is -2.34. The first kappa shape index (κ1) is 19.2. The topological polar surface area (TPSA) is 76.0 Å². The number of aromatic nitrogens is 1. The highest BCUT2D eigenvalue weighted by Crippen LogP contribution is 2.30. The molecule has 2 fully saturated rings. The Bertz CT molecular complexity index is 878. The van der Waals surface area contributed by atoms with Gasteiger partial charge in [-0.05, 0) is 38.0 Å². The summed E-state index contributed by atoms with van der Waals surface area (Å²) in [5, 5.41) is 13.3. The maximum Gasteiger partial charge on any atom is 0.253 e. The molecular formula is C21H29N3O4. The van der Waals surface area contributed by atoms with Crippen LogP contribution in [0.2, 0.25) is 0 Å². The van der Waals surface area contributed by atoms with Gasteiger partial charge in [0.1, 0.15) is 5.75 Å². The first-order valence-electron chi connectivity index (χ1n) is 9.92. The van der Waals surface area contributed by atoms with Gasteiger partial charge in [-0.2, -0.15) is 0 Å². The van der Waals surface area contributed by atoms with E-state index in [2.05, 4.69) is 14.8 Å². The number of nitrogens with zero attached hydrogens (tertiary/aromatic N) is 2. The fourth-order valence-corrected chi connectivity index (χ4v) is 4.59. The van der Waals surface area contributed by atoms with E-state index in [4.69, 9.17) is 14.6 Å². The molecule has 2 aliphatic heterocycles. The number of hydrogen-bond donors (Lipinski definition) is 2. The van der Waals surface area contributed by atoms with Gasteiger partial charge in [-0.3, -0.25) is 9.69 Å². The second kappa shape index (κ2) is 7.73. The van der Waals surface area contributed by atoms with Crippen LogP contribution in [0.5, 0.6) is 5.75 Å². The molecule has 0 radical (unpaired) electrons. The van der Waals surface area contributed by atoms with Crippen molar-refractivity contribution in [3.63, 3.8) is 0 Å². The minimum Gasteiger partial charge on any atom is -0.497 e. The zero-order valence-electron chi connectivity index (χ0n) is 16.8. The van der Waals surface area contributed by atoms with Crippen molar-refractivity contribution < 1.29 is 19.4 Å². The lowest BCUT2D eigenvalue weighted by molar-refractivity contribution is -0.0566. The van der Waals surface area contributed by atoms with E-state index in [1.807, 2.05) is 32.2 Å². The summed E-state index contributed by atoms with van der Waals surface area (Å²) in [4.78, 5) is 15.6. The number of amides is 1. The van der Waals surface area contributed by atoms with E-state index in [1.165, 1.54) is 0 Å². The Hall–Kier alpha value is -2.09. The number of ether oxygens (including phenoxy) is 2. The van der Waals surface area contributed by atoms with Crippen molar-refractivity contribution >= 4 is 16.8 Å². The number of morpholine rings is 1. The molecule has 2 N–H and O–H groups in total. The molecule has 1 amide bonds. The molecule has 28 heavy (non-hydrogen) atoms. The maximum atomic E-state index is 13.2. The number of methoxy groups -OCH3 is 1. The number of rotatable bonds is 5. The number of fused-ring (bicyclic) bond motifs is 2. The zero-order valence-corrected chi connectivity index (χ0v) is 16.8. The van der Waals surface area contributed by atoms with Gasteiger partial charge in [0, 0.05) is 55.4 Å². The number of hydrogen-bond acceptors (Lipinski definition) is 5. The first-order valence-corrected chi connectivity index (χ1v) is 9.92. The molecular weight excluding hydrogens is 358 g/mol. The van der Waals surface area contributed by atoms with Crippen LogP contribution < -0.4 is 10.1 Å². The van der Waals surface area contributed by atoms with Gasteiger partial charge >= 0.3 is 0 Å². The molecule has 0 saturated carbocycles. The molecule has 2 aliphatic rings. The van der Waals surface area contributed by atoms with Gasteiger partial charge in [0.2, 0.25) is 0 Å². The molecule has 2 aromatic rings. The Labute approximate surface area is 165 Å².